The van der Waals surface area contributed by atoms with Gasteiger partial charge in [0.2, 0.25) is 5.76 Å². The van der Waals surface area contributed by atoms with Crippen LogP contribution in [0.25, 0.3) is 11.0 Å². The fraction of sp³-hybridized carbons (Fsp3) is 0.444. The van der Waals surface area contributed by atoms with Gasteiger partial charge in [0.05, 0.1) is 6.61 Å². The molecule has 6 heteroatoms. The molecular weight excluding hydrogens is 310 g/mol. The van der Waals surface area contributed by atoms with E-state index in [1.165, 1.54) is 0 Å². The van der Waals surface area contributed by atoms with Gasteiger partial charge in [0.1, 0.15) is 11.3 Å². The minimum Gasteiger partial charge on any atom is -0.494 e. The van der Waals surface area contributed by atoms with Crippen molar-refractivity contribution in [3.63, 3.8) is 0 Å². The van der Waals surface area contributed by atoms with E-state index in [-0.39, 0.29) is 18.3 Å². The molecule has 0 unspecified atom stereocenters. The van der Waals surface area contributed by atoms with Gasteiger partial charge in [0, 0.05) is 17.5 Å². The molecule has 6 nitrogen and oxygen atoms in total. The van der Waals surface area contributed by atoms with Crippen LogP contribution in [-0.4, -0.2) is 31.6 Å². The van der Waals surface area contributed by atoms with Crippen LogP contribution in [0, 0.1) is 12.8 Å². The van der Waals surface area contributed by atoms with Crippen LogP contribution >= 0.6 is 0 Å². The lowest BCUT2D eigenvalue weighted by Crippen LogP contribution is -2.31. The molecule has 24 heavy (non-hydrogen) atoms. The lowest BCUT2D eigenvalue weighted by atomic mass is 10.1. The molecule has 0 fully saturated rings. The normalized spacial score (nSPS) is 10.9. The molecule has 1 aromatic heterocycles. The van der Waals surface area contributed by atoms with E-state index in [1.54, 1.807) is 19.1 Å². The lowest BCUT2D eigenvalue weighted by molar-refractivity contribution is -0.124. The van der Waals surface area contributed by atoms with E-state index in [1.807, 2.05) is 26.8 Å². The zero-order valence-electron chi connectivity index (χ0n) is 14.5. The van der Waals surface area contributed by atoms with Crippen LogP contribution in [0.3, 0.4) is 0 Å². The van der Waals surface area contributed by atoms with Gasteiger partial charge in [0.25, 0.3) is 5.91 Å². The standard InChI is InChI=1S/C18H23NO5/c1-5-22-13-6-7-15-14(8-13)12(4)17(24-15)18(21)23-10-16(20)19-9-11(2)3/h6-8,11H,5,9-10H2,1-4H3,(H,19,20). The SMILES string of the molecule is CCOc1ccc2oc(C(=O)OCC(=O)NCC(C)C)c(C)c2c1. The molecule has 0 aliphatic rings. The van der Waals surface area contributed by atoms with Gasteiger partial charge < -0.3 is 19.2 Å². The Hall–Kier alpha value is -2.50. The van der Waals surface area contributed by atoms with Crippen LogP contribution < -0.4 is 10.1 Å². The Labute approximate surface area is 141 Å². The number of benzene rings is 1. The van der Waals surface area contributed by atoms with E-state index in [4.69, 9.17) is 13.9 Å². The zero-order valence-corrected chi connectivity index (χ0v) is 14.5. The molecule has 0 aliphatic carbocycles. The predicted octanol–water partition coefficient (Wildman–Crippen LogP) is 3.07. The van der Waals surface area contributed by atoms with Crippen molar-refractivity contribution in [2.24, 2.45) is 5.92 Å². The molecule has 0 aliphatic heterocycles. The Bertz CT molecular complexity index is 732. The van der Waals surface area contributed by atoms with Crippen molar-refractivity contribution in [1.29, 1.82) is 0 Å². The van der Waals surface area contributed by atoms with Crippen LogP contribution in [-0.2, 0) is 9.53 Å². The maximum absolute atomic E-state index is 12.2. The van der Waals surface area contributed by atoms with E-state index >= 15 is 0 Å². The number of ether oxygens (including phenoxy) is 2. The summed E-state index contributed by atoms with van der Waals surface area (Å²) in [4.78, 5) is 23.8. The van der Waals surface area contributed by atoms with Crippen molar-refractivity contribution >= 4 is 22.8 Å². The number of furan rings is 1. The molecule has 0 atom stereocenters. The molecule has 0 bridgehead atoms. The quantitative estimate of drug-likeness (QED) is 0.788. The van der Waals surface area contributed by atoms with Gasteiger partial charge in [-0.3, -0.25) is 4.79 Å². The summed E-state index contributed by atoms with van der Waals surface area (Å²) in [6.45, 7) is 8.42. The summed E-state index contributed by atoms with van der Waals surface area (Å²) >= 11 is 0. The average Bonchev–Trinajstić information content (AvgIpc) is 2.88. The number of hydrogen-bond donors (Lipinski definition) is 1. The summed E-state index contributed by atoms with van der Waals surface area (Å²) < 4.78 is 16.0. The summed E-state index contributed by atoms with van der Waals surface area (Å²) in [7, 11) is 0. The highest BCUT2D eigenvalue weighted by atomic mass is 16.5. The van der Waals surface area contributed by atoms with E-state index in [0.29, 0.717) is 36.0 Å². The zero-order chi connectivity index (χ0) is 17.7. The number of amides is 1. The van der Waals surface area contributed by atoms with Crippen molar-refractivity contribution in [1.82, 2.24) is 5.32 Å². The third-order valence-electron chi connectivity index (χ3n) is 3.45. The Balaban J connectivity index is 2.06. The van der Waals surface area contributed by atoms with Crippen LogP contribution in [0.4, 0.5) is 0 Å². The Kier molecular flexibility index (Phi) is 5.84. The molecule has 0 spiro atoms. The number of hydrogen-bond acceptors (Lipinski definition) is 5. The van der Waals surface area contributed by atoms with Gasteiger partial charge in [-0.05, 0) is 38.0 Å². The van der Waals surface area contributed by atoms with Crippen molar-refractivity contribution in [2.45, 2.75) is 27.7 Å². The van der Waals surface area contributed by atoms with Crippen molar-refractivity contribution in [3.8, 4) is 5.75 Å². The van der Waals surface area contributed by atoms with E-state index in [2.05, 4.69) is 5.32 Å². The monoisotopic (exact) mass is 333 g/mol. The van der Waals surface area contributed by atoms with E-state index < -0.39 is 5.97 Å². The smallest absolute Gasteiger partial charge is 0.375 e. The van der Waals surface area contributed by atoms with Crippen LogP contribution in [0.5, 0.6) is 5.75 Å². The molecule has 1 aromatic carbocycles. The van der Waals surface area contributed by atoms with E-state index in [9.17, 15) is 9.59 Å². The van der Waals surface area contributed by atoms with Crippen molar-refractivity contribution in [2.75, 3.05) is 19.8 Å². The second-order valence-electron chi connectivity index (χ2n) is 5.92. The molecule has 0 radical (unpaired) electrons. The molecule has 2 aromatic rings. The molecular formula is C18H23NO5. The molecule has 130 valence electrons. The largest absolute Gasteiger partial charge is 0.494 e. The maximum atomic E-state index is 12.2. The minimum absolute atomic E-state index is 0.107. The number of fused-ring (bicyclic) bond motifs is 1. The first-order chi connectivity index (χ1) is 11.4. The summed E-state index contributed by atoms with van der Waals surface area (Å²) in [6, 6.07) is 5.35. The maximum Gasteiger partial charge on any atom is 0.375 e. The molecule has 2 rings (SSSR count). The number of carbonyl (C=O) groups excluding carboxylic acids is 2. The first kappa shape index (κ1) is 17.8. The molecule has 1 amide bonds. The highest BCUT2D eigenvalue weighted by Gasteiger charge is 2.20. The van der Waals surface area contributed by atoms with Gasteiger partial charge in [-0.1, -0.05) is 13.8 Å². The Morgan fingerprint density at radius 3 is 2.71 bits per heavy atom. The summed E-state index contributed by atoms with van der Waals surface area (Å²) in [5, 5.41) is 3.48. The molecule has 0 saturated carbocycles. The van der Waals surface area contributed by atoms with Crippen molar-refractivity contribution < 1.29 is 23.5 Å². The van der Waals surface area contributed by atoms with Gasteiger partial charge in [-0.25, -0.2) is 4.79 Å². The summed E-state index contributed by atoms with van der Waals surface area (Å²) in [5.41, 5.74) is 1.24. The fourth-order valence-electron chi connectivity index (χ4n) is 2.22. The molecule has 1 heterocycles. The highest BCUT2D eigenvalue weighted by Crippen LogP contribution is 2.29. The summed E-state index contributed by atoms with van der Waals surface area (Å²) in [5.74, 6) is 0.171. The first-order valence-corrected chi connectivity index (χ1v) is 8.02. The average molecular weight is 333 g/mol. The van der Waals surface area contributed by atoms with Gasteiger partial charge in [-0.15, -0.1) is 0 Å². The third kappa shape index (κ3) is 4.28. The fourth-order valence-corrected chi connectivity index (χ4v) is 2.22. The Morgan fingerprint density at radius 2 is 2.04 bits per heavy atom. The van der Waals surface area contributed by atoms with Gasteiger partial charge >= 0.3 is 5.97 Å². The second kappa shape index (κ2) is 7.86. The predicted molar refractivity (Wildman–Crippen MR) is 90.3 cm³/mol. The van der Waals surface area contributed by atoms with Crippen LogP contribution in [0.2, 0.25) is 0 Å². The molecule has 1 N–H and O–H groups in total. The number of rotatable bonds is 7. The number of aryl methyl sites for hydroxylation is 1. The van der Waals surface area contributed by atoms with Crippen LogP contribution in [0.1, 0.15) is 36.9 Å². The van der Waals surface area contributed by atoms with Crippen LogP contribution in [0.15, 0.2) is 22.6 Å². The third-order valence-corrected chi connectivity index (χ3v) is 3.45. The lowest BCUT2D eigenvalue weighted by Gasteiger charge is -2.07. The van der Waals surface area contributed by atoms with Gasteiger partial charge in [0.15, 0.2) is 6.61 Å². The topological polar surface area (TPSA) is 77.8 Å². The molecule has 0 saturated heterocycles. The van der Waals surface area contributed by atoms with E-state index in [0.717, 1.165) is 5.39 Å². The number of nitrogens with one attached hydrogen (secondary N) is 1. The minimum atomic E-state index is -0.652. The second-order valence-corrected chi connectivity index (χ2v) is 5.92. The highest BCUT2D eigenvalue weighted by molar-refractivity contribution is 5.97. The number of esters is 1. The summed E-state index contributed by atoms with van der Waals surface area (Å²) in [6.07, 6.45) is 0. The Morgan fingerprint density at radius 1 is 1.29 bits per heavy atom. The van der Waals surface area contributed by atoms with Gasteiger partial charge in [-0.2, -0.15) is 0 Å². The van der Waals surface area contributed by atoms with Crippen molar-refractivity contribution in [3.05, 3.63) is 29.5 Å². The number of carbonyl (C=O) groups is 2. The first-order valence-electron chi connectivity index (χ1n) is 8.02.